The molecule has 222 valence electrons. The second kappa shape index (κ2) is 12.7. The fourth-order valence-corrected chi connectivity index (χ4v) is 6.31. The molecule has 5 rings (SSSR count). The summed E-state index contributed by atoms with van der Waals surface area (Å²) >= 11 is 0. The monoisotopic (exact) mass is 593 g/mol. The molecule has 1 saturated heterocycles. The Morgan fingerprint density at radius 1 is 0.810 bits per heavy atom. The van der Waals surface area contributed by atoms with Crippen LogP contribution in [0.25, 0.3) is 11.3 Å². The van der Waals surface area contributed by atoms with Gasteiger partial charge in [-0.25, -0.2) is 12.4 Å². The molecule has 10 nitrogen and oxygen atoms in total. The molecule has 1 aromatic heterocycles. The zero-order chi connectivity index (χ0) is 29.7. The first-order chi connectivity index (χ1) is 20.4. The third-order valence-electron chi connectivity index (χ3n) is 7.16. The quantitative estimate of drug-likeness (QED) is 0.261. The van der Waals surface area contributed by atoms with Crippen LogP contribution < -0.4 is 29.2 Å². The minimum absolute atomic E-state index is 0.130. The first-order valence-corrected chi connectivity index (χ1v) is 14.9. The maximum Gasteiger partial charge on any atom is 0.268 e. The lowest BCUT2D eigenvalue weighted by Gasteiger charge is -2.28. The number of morpholine rings is 1. The molecule has 0 unspecified atom stereocenters. The number of hydrogen-bond donors (Lipinski definition) is 1. The van der Waals surface area contributed by atoms with Gasteiger partial charge in [0.15, 0.2) is 11.5 Å². The SMILES string of the molecule is COc1ccc(S(=O)(=O)n2cc(CNc3ccc(N4CCOCC4)cc3)cc2-c2cc(OC)c(OC)c(OC)c2)cc1. The molecule has 0 radical (unpaired) electrons. The van der Waals surface area contributed by atoms with Crippen molar-refractivity contribution in [2.75, 3.05) is 65.0 Å². The molecule has 1 aliphatic rings. The molecule has 0 bridgehead atoms. The molecule has 0 atom stereocenters. The predicted octanol–water partition coefficient (Wildman–Crippen LogP) is 4.88. The van der Waals surface area contributed by atoms with E-state index < -0.39 is 10.0 Å². The van der Waals surface area contributed by atoms with Crippen molar-refractivity contribution in [3.8, 4) is 34.3 Å². The Labute approximate surface area is 246 Å². The van der Waals surface area contributed by atoms with Gasteiger partial charge in [0.25, 0.3) is 10.0 Å². The largest absolute Gasteiger partial charge is 0.497 e. The topological polar surface area (TPSA) is 100 Å². The van der Waals surface area contributed by atoms with Crippen molar-refractivity contribution in [3.63, 3.8) is 0 Å². The number of anilines is 2. The second-order valence-corrected chi connectivity index (χ2v) is 11.4. The molecule has 3 aromatic carbocycles. The Morgan fingerprint density at radius 2 is 1.45 bits per heavy atom. The molecule has 1 aliphatic heterocycles. The van der Waals surface area contributed by atoms with Crippen LogP contribution in [-0.4, -0.2) is 67.1 Å². The molecular formula is C31H35N3O7S. The summed E-state index contributed by atoms with van der Waals surface area (Å²) in [6.45, 7) is 3.59. The number of methoxy groups -OCH3 is 4. The fourth-order valence-electron chi connectivity index (χ4n) is 4.91. The lowest BCUT2D eigenvalue weighted by atomic mass is 10.1. The van der Waals surface area contributed by atoms with Crippen molar-refractivity contribution in [2.45, 2.75) is 11.4 Å². The Balaban J connectivity index is 1.50. The van der Waals surface area contributed by atoms with Crippen LogP contribution in [0.3, 0.4) is 0 Å². The molecule has 11 heteroatoms. The van der Waals surface area contributed by atoms with E-state index in [0.717, 1.165) is 43.2 Å². The molecular weight excluding hydrogens is 558 g/mol. The van der Waals surface area contributed by atoms with Crippen LogP contribution in [0.15, 0.2) is 77.8 Å². The van der Waals surface area contributed by atoms with E-state index in [1.165, 1.54) is 44.5 Å². The predicted molar refractivity (Wildman–Crippen MR) is 162 cm³/mol. The maximum atomic E-state index is 13.9. The van der Waals surface area contributed by atoms with Crippen LogP contribution >= 0.6 is 0 Å². The first kappa shape index (κ1) is 29.2. The number of hydrogen-bond acceptors (Lipinski definition) is 9. The van der Waals surface area contributed by atoms with Gasteiger partial charge in [0, 0.05) is 42.8 Å². The van der Waals surface area contributed by atoms with Gasteiger partial charge < -0.3 is 33.9 Å². The lowest BCUT2D eigenvalue weighted by Crippen LogP contribution is -2.36. The average molecular weight is 594 g/mol. The highest BCUT2D eigenvalue weighted by molar-refractivity contribution is 7.90. The number of rotatable bonds is 11. The second-order valence-electron chi connectivity index (χ2n) is 9.62. The number of aromatic nitrogens is 1. The fraction of sp³-hybridized carbons (Fsp3) is 0.290. The van der Waals surface area contributed by atoms with E-state index in [-0.39, 0.29) is 4.90 Å². The lowest BCUT2D eigenvalue weighted by molar-refractivity contribution is 0.122. The normalized spacial score (nSPS) is 13.5. The van der Waals surface area contributed by atoms with Crippen LogP contribution in [0.4, 0.5) is 11.4 Å². The van der Waals surface area contributed by atoms with Gasteiger partial charge >= 0.3 is 0 Å². The van der Waals surface area contributed by atoms with E-state index in [2.05, 4.69) is 22.3 Å². The van der Waals surface area contributed by atoms with Gasteiger partial charge in [-0.1, -0.05) is 0 Å². The summed E-state index contributed by atoms with van der Waals surface area (Å²) in [7, 11) is 2.13. The first-order valence-electron chi connectivity index (χ1n) is 13.5. The number of nitrogens with one attached hydrogen (secondary N) is 1. The summed E-state index contributed by atoms with van der Waals surface area (Å²) in [6.07, 6.45) is 1.63. The van der Waals surface area contributed by atoms with Gasteiger partial charge in [-0.05, 0) is 72.3 Å². The standard InChI is InChI=1S/C31H35N3O7S/c1-37-26-9-11-27(12-10-26)42(35,36)34-21-22(17-28(34)23-18-29(38-2)31(40-4)30(19-23)39-3)20-32-24-5-7-25(8-6-24)33-13-15-41-16-14-33/h5-12,17-19,21,32H,13-16,20H2,1-4H3. The van der Waals surface area contributed by atoms with E-state index in [1.807, 2.05) is 18.2 Å². The Bertz CT molecular complexity index is 1590. The highest BCUT2D eigenvalue weighted by Crippen LogP contribution is 2.42. The van der Waals surface area contributed by atoms with Crippen molar-refractivity contribution in [2.24, 2.45) is 0 Å². The third-order valence-corrected chi connectivity index (χ3v) is 8.85. The van der Waals surface area contributed by atoms with E-state index in [4.69, 9.17) is 23.7 Å². The maximum absolute atomic E-state index is 13.9. The molecule has 1 fully saturated rings. The van der Waals surface area contributed by atoms with Crippen molar-refractivity contribution in [3.05, 3.63) is 78.5 Å². The molecule has 0 amide bonds. The van der Waals surface area contributed by atoms with Crippen molar-refractivity contribution in [1.29, 1.82) is 0 Å². The summed E-state index contributed by atoms with van der Waals surface area (Å²) < 4.78 is 56.4. The zero-order valence-electron chi connectivity index (χ0n) is 24.1. The van der Waals surface area contributed by atoms with Crippen molar-refractivity contribution >= 4 is 21.4 Å². The van der Waals surface area contributed by atoms with E-state index in [9.17, 15) is 8.42 Å². The van der Waals surface area contributed by atoms with E-state index in [0.29, 0.717) is 40.8 Å². The van der Waals surface area contributed by atoms with Gasteiger partial charge in [-0.2, -0.15) is 0 Å². The van der Waals surface area contributed by atoms with Crippen LogP contribution in [0.5, 0.6) is 23.0 Å². The van der Waals surface area contributed by atoms with E-state index >= 15 is 0 Å². The van der Waals surface area contributed by atoms with Crippen molar-refractivity contribution in [1.82, 2.24) is 3.97 Å². The van der Waals surface area contributed by atoms with Gasteiger partial charge in [0.1, 0.15) is 5.75 Å². The summed E-state index contributed by atoms with van der Waals surface area (Å²) in [6, 6.07) is 19.8. The van der Waals surface area contributed by atoms with Gasteiger partial charge in [-0.3, -0.25) is 0 Å². The summed E-state index contributed by atoms with van der Waals surface area (Å²) in [4.78, 5) is 2.42. The average Bonchev–Trinajstić information content (AvgIpc) is 3.49. The van der Waals surface area contributed by atoms with Crippen molar-refractivity contribution < 1.29 is 32.1 Å². The smallest absolute Gasteiger partial charge is 0.268 e. The Kier molecular flexibility index (Phi) is 8.79. The minimum Gasteiger partial charge on any atom is -0.497 e. The summed E-state index contributed by atoms with van der Waals surface area (Å²) in [5.74, 6) is 1.82. The van der Waals surface area contributed by atoms with Gasteiger partial charge in [0.2, 0.25) is 5.75 Å². The van der Waals surface area contributed by atoms with Crippen LogP contribution in [0.2, 0.25) is 0 Å². The molecule has 1 N–H and O–H groups in total. The number of nitrogens with zero attached hydrogens (tertiary/aromatic N) is 2. The Hall–Kier alpha value is -4.35. The van der Waals surface area contributed by atoms with Crippen LogP contribution in [0, 0.1) is 0 Å². The third kappa shape index (κ3) is 5.97. The summed E-state index contributed by atoms with van der Waals surface area (Å²) in [5.41, 5.74) is 3.87. The van der Waals surface area contributed by atoms with Gasteiger partial charge in [-0.15, -0.1) is 0 Å². The number of benzene rings is 3. The molecule has 4 aromatic rings. The minimum atomic E-state index is -3.97. The highest BCUT2D eigenvalue weighted by Gasteiger charge is 2.24. The summed E-state index contributed by atoms with van der Waals surface area (Å²) in [5, 5.41) is 3.42. The van der Waals surface area contributed by atoms with E-state index in [1.54, 1.807) is 30.5 Å². The highest BCUT2D eigenvalue weighted by atomic mass is 32.2. The van der Waals surface area contributed by atoms with Crippen LogP contribution in [0.1, 0.15) is 5.56 Å². The molecule has 42 heavy (non-hydrogen) atoms. The zero-order valence-corrected chi connectivity index (χ0v) is 24.9. The molecule has 0 saturated carbocycles. The molecule has 2 heterocycles. The van der Waals surface area contributed by atoms with Crippen LogP contribution in [-0.2, 0) is 21.3 Å². The van der Waals surface area contributed by atoms with Gasteiger partial charge in [0.05, 0.1) is 52.2 Å². The molecule has 0 aliphatic carbocycles. The Morgan fingerprint density at radius 3 is 2.02 bits per heavy atom. The number of ether oxygens (including phenoxy) is 5. The molecule has 0 spiro atoms.